The Morgan fingerprint density at radius 2 is 1.78 bits per heavy atom. The number of halogens is 2. The zero-order chi connectivity index (χ0) is 16.3. The number of carbonyl (C=O) groups is 2. The highest BCUT2D eigenvalue weighted by Gasteiger charge is 2.24. The third-order valence-electron chi connectivity index (χ3n) is 3.78. The molecule has 0 bridgehead atoms. The van der Waals surface area contributed by atoms with Crippen molar-refractivity contribution in [2.24, 2.45) is 0 Å². The predicted octanol–water partition coefficient (Wildman–Crippen LogP) is 2.05. The lowest BCUT2D eigenvalue weighted by atomic mass is 10.1. The number of anilines is 1. The van der Waals surface area contributed by atoms with Gasteiger partial charge in [0.25, 0.3) is 5.91 Å². The van der Waals surface area contributed by atoms with E-state index in [1.807, 2.05) is 0 Å². The molecule has 0 atom stereocenters. The monoisotopic (exact) mass is 361 g/mol. The molecule has 0 radical (unpaired) electrons. The summed E-state index contributed by atoms with van der Waals surface area (Å²) in [4.78, 5) is 27.6. The minimum absolute atomic E-state index is 0. The van der Waals surface area contributed by atoms with Gasteiger partial charge >= 0.3 is 0 Å². The lowest BCUT2D eigenvalue weighted by Gasteiger charge is -2.22. The van der Waals surface area contributed by atoms with Crippen molar-refractivity contribution in [3.05, 3.63) is 22.7 Å². The fourth-order valence-electron chi connectivity index (χ4n) is 2.51. The number of nitrogens with zero attached hydrogens (tertiary/aromatic N) is 2. The molecule has 6 nitrogen and oxygen atoms in total. The average molecular weight is 362 g/mol. The first kappa shape index (κ1) is 19.4. The van der Waals surface area contributed by atoms with E-state index >= 15 is 0 Å². The molecule has 0 spiro atoms. The maximum Gasteiger partial charge on any atom is 0.257 e. The first-order valence-electron chi connectivity index (χ1n) is 7.12. The first-order chi connectivity index (χ1) is 10.4. The zero-order valence-corrected chi connectivity index (χ0v) is 14.7. The lowest BCUT2D eigenvalue weighted by molar-refractivity contribution is -0.128. The van der Waals surface area contributed by atoms with Gasteiger partial charge in [0.15, 0.2) is 0 Å². The van der Waals surface area contributed by atoms with E-state index in [1.165, 1.54) is 13.2 Å². The quantitative estimate of drug-likeness (QED) is 0.817. The normalized spacial score (nSPS) is 14.7. The molecule has 1 aromatic rings. The molecule has 1 aliphatic heterocycles. The number of ether oxygens (including phenoxy) is 1. The number of nitrogens with two attached hydrogens (primary N) is 1. The molecular weight excluding hydrogens is 341 g/mol. The van der Waals surface area contributed by atoms with Gasteiger partial charge in [-0.3, -0.25) is 9.59 Å². The highest BCUT2D eigenvalue weighted by Crippen LogP contribution is 2.30. The summed E-state index contributed by atoms with van der Waals surface area (Å²) < 4.78 is 5.23. The van der Waals surface area contributed by atoms with Crippen LogP contribution in [-0.2, 0) is 4.79 Å². The maximum atomic E-state index is 12.7. The molecule has 8 heteroatoms. The molecule has 1 saturated heterocycles. The summed E-state index contributed by atoms with van der Waals surface area (Å²) in [6.45, 7) is 3.82. The van der Waals surface area contributed by atoms with Crippen LogP contribution in [0.2, 0.25) is 5.02 Å². The van der Waals surface area contributed by atoms with Crippen LogP contribution >= 0.6 is 24.0 Å². The van der Waals surface area contributed by atoms with Crippen LogP contribution in [0.4, 0.5) is 5.69 Å². The predicted molar refractivity (Wildman–Crippen MR) is 92.4 cm³/mol. The molecular formula is C15H21Cl2N3O3. The van der Waals surface area contributed by atoms with Crippen LogP contribution in [0.1, 0.15) is 23.7 Å². The molecule has 1 fully saturated rings. The van der Waals surface area contributed by atoms with Crippen molar-refractivity contribution in [3.63, 3.8) is 0 Å². The van der Waals surface area contributed by atoms with E-state index in [4.69, 9.17) is 22.1 Å². The number of amides is 2. The molecule has 128 valence electrons. The number of nitrogen functional groups attached to an aromatic ring is 1. The fraction of sp³-hybridized carbons (Fsp3) is 0.467. The minimum Gasteiger partial charge on any atom is -0.496 e. The Bertz CT molecular complexity index is 596. The number of rotatable bonds is 2. The summed E-state index contributed by atoms with van der Waals surface area (Å²) in [5.41, 5.74) is 6.50. The van der Waals surface area contributed by atoms with Crippen LogP contribution < -0.4 is 10.5 Å². The van der Waals surface area contributed by atoms with Gasteiger partial charge in [0.05, 0.1) is 23.4 Å². The Kier molecular flexibility index (Phi) is 6.97. The highest BCUT2D eigenvalue weighted by molar-refractivity contribution is 6.33. The Hall–Kier alpha value is -1.66. The summed E-state index contributed by atoms with van der Waals surface area (Å²) in [5.74, 6) is 0.270. The molecule has 0 aliphatic carbocycles. The van der Waals surface area contributed by atoms with E-state index < -0.39 is 0 Å². The minimum atomic E-state index is -0.163. The molecule has 1 heterocycles. The third-order valence-corrected chi connectivity index (χ3v) is 4.10. The van der Waals surface area contributed by atoms with Gasteiger partial charge in [-0.05, 0) is 12.5 Å². The van der Waals surface area contributed by atoms with Gasteiger partial charge in [-0.15, -0.1) is 12.4 Å². The second kappa shape index (κ2) is 8.26. The summed E-state index contributed by atoms with van der Waals surface area (Å²) in [6, 6.07) is 3.08. The molecule has 1 aromatic carbocycles. The maximum absolute atomic E-state index is 12.7. The van der Waals surface area contributed by atoms with Gasteiger partial charge in [0, 0.05) is 39.2 Å². The van der Waals surface area contributed by atoms with E-state index in [0.717, 1.165) is 6.42 Å². The molecule has 2 amide bonds. The van der Waals surface area contributed by atoms with Crippen LogP contribution in [0.3, 0.4) is 0 Å². The van der Waals surface area contributed by atoms with Crippen LogP contribution in [0.5, 0.6) is 5.75 Å². The third kappa shape index (κ3) is 4.42. The van der Waals surface area contributed by atoms with Gasteiger partial charge in [-0.1, -0.05) is 11.6 Å². The van der Waals surface area contributed by atoms with E-state index in [2.05, 4.69) is 0 Å². The van der Waals surface area contributed by atoms with E-state index in [0.29, 0.717) is 48.2 Å². The Balaban J connectivity index is 0.00000264. The number of benzene rings is 1. The molecule has 0 saturated carbocycles. The van der Waals surface area contributed by atoms with Crippen molar-refractivity contribution in [2.45, 2.75) is 13.3 Å². The number of carbonyl (C=O) groups excluding carboxylic acids is 2. The average Bonchev–Trinajstić information content (AvgIpc) is 2.74. The van der Waals surface area contributed by atoms with Crippen LogP contribution in [0.15, 0.2) is 12.1 Å². The van der Waals surface area contributed by atoms with Crippen molar-refractivity contribution in [1.82, 2.24) is 9.80 Å². The lowest BCUT2D eigenvalue weighted by Crippen LogP contribution is -2.36. The summed E-state index contributed by atoms with van der Waals surface area (Å²) in [5, 5.41) is 0.323. The van der Waals surface area contributed by atoms with Gasteiger partial charge in [-0.2, -0.15) is 0 Å². The largest absolute Gasteiger partial charge is 0.496 e. The van der Waals surface area contributed by atoms with E-state index in [1.54, 1.807) is 22.8 Å². The fourth-order valence-corrected chi connectivity index (χ4v) is 2.67. The second-order valence-corrected chi connectivity index (χ2v) is 5.63. The standard InChI is InChI=1S/C15H20ClN3O3.ClH/c1-10(20)18-4-3-5-19(7-6-18)15(21)11-8-12(16)13(17)9-14(11)22-2;/h8-9H,3-7,17H2,1-2H3;1H. The van der Waals surface area contributed by atoms with Crippen molar-refractivity contribution in [2.75, 3.05) is 39.0 Å². The zero-order valence-electron chi connectivity index (χ0n) is 13.2. The van der Waals surface area contributed by atoms with Crippen LogP contribution in [-0.4, -0.2) is 54.9 Å². The van der Waals surface area contributed by atoms with Crippen molar-refractivity contribution < 1.29 is 14.3 Å². The van der Waals surface area contributed by atoms with Crippen molar-refractivity contribution >= 4 is 41.5 Å². The molecule has 0 unspecified atom stereocenters. The van der Waals surface area contributed by atoms with Gasteiger partial charge in [0.1, 0.15) is 5.75 Å². The number of hydrogen-bond acceptors (Lipinski definition) is 4. The molecule has 2 N–H and O–H groups in total. The van der Waals surface area contributed by atoms with Crippen molar-refractivity contribution in [3.8, 4) is 5.75 Å². The SMILES string of the molecule is COc1cc(N)c(Cl)cc1C(=O)N1CCCN(C(C)=O)CC1.Cl. The van der Waals surface area contributed by atoms with Crippen LogP contribution in [0.25, 0.3) is 0 Å². The Morgan fingerprint density at radius 1 is 1.17 bits per heavy atom. The van der Waals surface area contributed by atoms with Gasteiger partial charge in [-0.25, -0.2) is 0 Å². The first-order valence-corrected chi connectivity index (χ1v) is 7.49. The smallest absolute Gasteiger partial charge is 0.257 e. The van der Waals surface area contributed by atoms with Crippen LogP contribution in [0, 0.1) is 0 Å². The summed E-state index contributed by atoms with van der Waals surface area (Å²) in [6.07, 6.45) is 0.746. The van der Waals surface area contributed by atoms with Crippen molar-refractivity contribution in [1.29, 1.82) is 0 Å². The summed E-state index contributed by atoms with van der Waals surface area (Å²) >= 11 is 6.02. The molecule has 0 aromatic heterocycles. The van der Waals surface area contributed by atoms with E-state index in [9.17, 15) is 9.59 Å². The number of methoxy groups -OCH3 is 1. The molecule has 1 aliphatic rings. The number of hydrogen-bond donors (Lipinski definition) is 1. The molecule has 2 rings (SSSR count). The van der Waals surface area contributed by atoms with Gasteiger partial charge < -0.3 is 20.3 Å². The Morgan fingerprint density at radius 3 is 2.39 bits per heavy atom. The summed E-state index contributed by atoms with van der Waals surface area (Å²) in [7, 11) is 1.49. The highest BCUT2D eigenvalue weighted by atomic mass is 35.5. The second-order valence-electron chi connectivity index (χ2n) is 5.23. The van der Waals surface area contributed by atoms with Gasteiger partial charge in [0.2, 0.25) is 5.91 Å². The topological polar surface area (TPSA) is 75.9 Å². The van der Waals surface area contributed by atoms with E-state index in [-0.39, 0.29) is 24.2 Å². The Labute approximate surface area is 146 Å². The molecule has 23 heavy (non-hydrogen) atoms.